The molecule has 21 heavy (non-hydrogen) atoms. The maximum Gasteiger partial charge on any atom is 0.0624 e. The van der Waals surface area contributed by atoms with Crippen LogP contribution >= 0.6 is 0 Å². The van der Waals surface area contributed by atoms with Crippen LogP contribution in [0.15, 0.2) is 24.3 Å². The Kier molecular flexibility index (Phi) is 5.18. The molecule has 3 heteroatoms. The molecular weight excluding hydrogens is 258 g/mol. The average Bonchev–Trinajstić information content (AvgIpc) is 2.90. The van der Waals surface area contributed by atoms with Crippen molar-refractivity contribution in [2.24, 2.45) is 0 Å². The maximum absolute atomic E-state index is 4.65. The van der Waals surface area contributed by atoms with Crippen molar-refractivity contribution < 1.29 is 0 Å². The summed E-state index contributed by atoms with van der Waals surface area (Å²) in [7, 11) is 2.03. The SMILES string of the molecule is CCc1cc(CC(NC)c2ccc(C)c(C)c2)n(CC)n1. The number of likely N-dealkylation sites (N-methyl/N-ethyl adjacent to an activating group) is 1. The number of hydrogen-bond donors (Lipinski definition) is 1. The number of benzene rings is 1. The van der Waals surface area contributed by atoms with Gasteiger partial charge in [-0.15, -0.1) is 0 Å². The Balaban J connectivity index is 2.26. The molecule has 1 heterocycles. The summed E-state index contributed by atoms with van der Waals surface area (Å²) < 4.78 is 2.13. The molecular formula is C18H27N3. The van der Waals surface area contributed by atoms with Crippen molar-refractivity contribution in [1.29, 1.82) is 0 Å². The summed E-state index contributed by atoms with van der Waals surface area (Å²) in [5.74, 6) is 0. The number of hydrogen-bond acceptors (Lipinski definition) is 2. The third-order valence-electron chi connectivity index (χ3n) is 4.27. The topological polar surface area (TPSA) is 29.9 Å². The first kappa shape index (κ1) is 15.8. The zero-order valence-corrected chi connectivity index (χ0v) is 13.9. The molecule has 0 bridgehead atoms. The number of aromatic nitrogens is 2. The van der Waals surface area contributed by atoms with E-state index in [9.17, 15) is 0 Å². The fraction of sp³-hybridized carbons (Fsp3) is 0.500. The highest BCUT2D eigenvalue weighted by molar-refractivity contribution is 5.32. The lowest BCUT2D eigenvalue weighted by molar-refractivity contribution is 0.540. The summed E-state index contributed by atoms with van der Waals surface area (Å²) >= 11 is 0. The standard InChI is InChI=1S/C18H27N3/c1-6-16-11-17(21(7-2)20-16)12-18(19-5)15-9-8-13(3)14(4)10-15/h8-11,18-19H,6-7,12H2,1-5H3. The Morgan fingerprint density at radius 1 is 1.14 bits per heavy atom. The number of nitrogens with one attached hydrogen (secondary N) is 1. The van der Waals surface area contributed by atoms with E-state index in [-0.39, 0.29) is 0 Å². The first-order valence-electron chi connectivity index (χ1n) is 7.89. The van der Waals surface area contributed by atoms with Gasteiger partial charge in [-0.3, -0.25) is 4.68 Å². The Hall–Kier alpha value is -1.61. The van der Waals surface area contributed by atoms with Crippen LogP contribution in [0.1, 0.15) is 48.0 Å². The third-order valence-corrected chi connectivity index (χ3v) is 4.27. The predicted molar refractivity (Wildman–Crippen MR) is 88.7 cm³/mol. The van der Waals surface area contributed by atoms with Crippen molar-refractivity contribution >= 4 is 0 Å². The number of rotatable bonds is 6. The Morgan fingerprint density at radius 3 is 2.48 bits per heavy atom. The van der Waals surface area contributed by atoms with Gasteiger partial charge in [-0.1, -0.05) is 25.1 Å². The highest BCUT2D eigenvalue weighted by atomic mass is 15.3. The highest BCUT2D eigenvalue weighted by Crippen LogP contribution is 2.21. The molecule has 2 rings (SSSR count). The molecule has 0 saturated heterocycles. The molecule has 114 valence electrons. The first-order chi connectivity index (χ1) is 10.1. The van der Waals surface area contributed by atoms with Crippen molar-refractivity contribution in [2.75, 3.05) is 7.05 Å². The van der Waals surface area contributed by atoms with Crippen LogP contribution in [0.5, 0.6) is 0 Å². The van der Waals surface area contributed by atoms with E-state index in [4.69, 9.17) is 0 Å². The lowest BCUT2D eigenvalue weighted by Crippen LogP contribution is -2.20. The van der Waals surface area contributed by atoms with Gasteiger partial charge in [-0.05, 0) is 57.0 Å². The molecule has 0 aliphatic heterocycles. The lowest BCUT2D eigenvalue weighted by Gasteiger charge is -2.18. The Labute approximate surface area is 128 Å². The van der Waals surface area contributed by atoms with E-state index in [2.05, 4.69) is 67.1 Å². The van der Waals surface area contributed by atoms with Crippen LogP contribution in [0, 0.1) is 13.8 Å². The minimum absolute atomic E-state index is 0.330. The van der Waals surface area contributed by atoms with Crippen molar-refractivity contribution in [3.05, 3.63) is 52.3 Å². The second kappa shape index (κ2) is 6.90. The molecule has 0 aliphatic rings. The number of aryl methyl sites for hydroxylation is 4. The molecule has 0 spiro atoms. The van der Waals surface area contributed by atoms with Crippen molar-refractivity contribution in [1.82, 2.24) is 15.1 Å². The van der Waals surface area contributed by atoms with Crippen LogP contribution < -0.4 is 5.32 Å². The van der Waals surface area contributed by atoms with Crippen molar-refractivity contribution in [3.63, 3.8) is 0 Å². The average molecular weight is 285 g/mol. The molecule has 1 aromatic heterocycles. The second-order valence-corrected chi connectivity index (χ2v) is 5.69. The van der Waals surface area contributed by atoms with Crippen LogP contribution in [0.2, 0.25) is 0 Å². The molecule has 1 atom stereocenters. The summed E-state index contributed by atoms with van der Waals surface area (Å²) in [6.45, 7) is 9.58. The van der Waals surface area contributed by atoms with Crippen molar-refractivity contribution in [2.45, 2.75) is 53.1 Å². The van der Waals surface area contributed by atoms with E-state index in [0.717, 1.165) is 19.4 Å². The van der Waals surface area contributed by atoms with Crippen LogP contribution in [0.25, 0.3) is 0 Å². The monoisotopic (exact) mass is 285 g/mol. The van der Waals surface area contributed by atoms with Gasteiger partial charge in [-0.2, -0.15) is 5.10 Å². The molecule has 1 aromatic carbocycles. The zero-order valence-electron chi connectivity index (χ0n) is 13.9. The predicted octanol–water partition coefficient (Wildman–Crippen LogP) is 3.59. The fourth-order valence-corrected chi connectivity index (χ4v) is 2.70. The summed E-state index contributed by atoms with van der Waals surface area (Å²) in [6, 6.07) is 9.32. The minimum Gasteiger partial charge on any atom is -0.313 e. The molecule has 0 aliphatic carbocycles. The van der Waals surface area contributed by atoms with Crippen LogP contribution in [0.3, 0.4) is 0 Å². The third kappa shape index (κ3) is 3.53. The Morgan fingerprint density at radius 2 is 1.90 bits per heavy atom. The van der Waals surface area contributed by atoms with Crippen LogP contribution in [0.4, 0.5) is 0 Å². The van der Waals surface area contributed by atoms with Gasteiger partial charge in [0.1, 0.15) is 0 Å². The summed E-state index contributed by atoms with van der Waals surface area (Å²) in [5, 5.41) is 8.10. The first-order valence-corrected chi connectivity index (χ1v) is 7.89. The van der Waals surface area contributed by atoms with Crippen molar-refractivity contribution in [3.8, 4) is 0 Å². The zero-order chi connectivity index (χ0) is 15.4. The van der Waals surface area contributed by atoms with E-state index in [1.165, 1.54) is 28.1 Å². The van der Waals surface area contributed by atoms with Gasteiger partial charge in [0.15, 0.2) is 0 Å². The summed E-state index contributed by atoms with van der Waals surface area (Å²) in [4.78, 5) is 0. The smallest absolute Gasteiger partial charge is 0.0624 e. The molecule has 0 saturated carbocycles. The van der Waals surface area contributed by atoms with E-state index in [1.54, 1.807) is 0 Å². The van der Waals surface area contributed by atoms with Gasteiger partial charge < -0.3 is 5.32 Å². The van der Waals surface area contributed by atoms with Gasteiger partial charge in [0.25, 0.3) is 0 Å². The van der Waals surface area contributed by atoms with Crippen LogP contribution in [-0.4, -0.2) is 16.8 Å². The largest absolute Gasteiger partial charge is 0.313 e. The molecule has 1 N–H and O–H groups in total. The van der Waals surface area contributed by atoms with E-state index < -0.39 is 0 Å². The molecule has 3 nitrogen and oxygen atoms in total. The van der Waals surface area contributed by atoms with E-state index >= 15 is 0 Å². The van der Waals surface area contributed by atoms with Gasteiger partial charge in [0.2, 0.25) is 0 Å². The van der Waals surface area contributed by atoms with E-state index in [0.29, 0.717) is 6.04 Å². The summed E-state index contributed by atoms with van der Waals surface area (Å²) in [5.41, 5.74) is 6.54. The normalized spacial score (nSPS) is 12.6. The number of nitrogens with zero attached hydrogens (tertiary/aromatic N) is 2. The minimum atomic E-state index is 0.330. The van der Waals surface area contributed by atoms with Gasteiger partial charge in [0, 0.05) is 24.7 Å². The molecule has 2 aromatic rings. The quantitative estimate of drug-likeness (QED) is 0.879. The highest BCUT2D eigenvalue weighted by Gasteiger charge is 2.14. The van der Waals surface area contributed by atoms with Crippen LogP contribution in [-0.2, 0) is 19.4 Å². The molecule has 1 unspecified atom stereocenters. The van der Waals surface area contributed by atoms with E-state index in [1.807, 2.05) is 7.05 Å². The second-order valence-electron chi connectivity index (χ2n) is 5.69. The molecule has 0 amide bonds. The Bertz CT molecular complexity index is 599. The summed E-state index contributed by atoms with van der Waals surface area (Å²) in [6.07, 6.45) is 1.97. The van der Waals surface area contributed by atoms with Gasteiger partial charge >= 0.3 is 0 Å². The molecule has 0 radical (unpaired) electrons. The maximum atomic E-state index is 4.65. The molecule has 0 fully saturated rings. The van der Waals surface area contributed by atoms with Gasteiger partial charge in [-0.25, -0.2) is 0 Å². The fourth-order valence-electron chi connectivity index (χ4n) is 2.70. The lowest BCUT2D eigenvalue weighted by atomic mass is 9.98. The van der Waals surface area contributed by atoms with Gasteiger partial charge in [0.05, 0.1) is 5.69 Å².